The van der Waals surface area contributed by atoms with Gasteiger partial charge in [0.25, 0.3) is 0 Å². The van der Waals surface area contributed by atoms with E-state index in [0.29, 0.717) is 23.0 Å². The van der Waals surface area contributed by atoms with Crippen LogP contribution >= 0.6 is 0 Å². The number of aromatic nitrogens is 7. The van der Waals surface area contributed by atoms with Gasteiger partial charge in [0.15, 0.2) is 0 Å². The molecule has 0 bridgehead atoms. The lowest BCUT2D eigenvalue weighted by atomic mass is 10.2. The van der Waals surface area contributed by atoms with Crippen LogP contribution in [-0.2, 0) is 0 Å². The van der Waals surface area contributed by atoms with E-state index in [1.165, 1.54) is 0 Å². The maximum Gasteiger partial charge on any atom is 0.200 e. The third-order valence-electron chi connectivity index (χ3n) is 2.57. The molecule has 3 rings (SSSR count). The number of nitrogens with zero attached hydrogens (tertiary/aromatic N) is 7. The molecule has 20 heavy (non-hydrogen) atoms. The zero-order chi connectivity index (χ0) is 13.9. The SMILES string of the molecule is Cc1cnnc(-c2cccc(-c3nncc(C)n3)n2)n1. The first kappa shape index (κ1) is 12.2. The molecule has 3 heterocycles. The van der Waals surface area contributed by atoms with E-state index < -0.39 is 0 Å². The molecule has 98 valence electrons. The fourth-order valence-corrected chi connectivity index (χ4v) is 1.67. The summed E-state index contributed by atoms with van der Waals surface area (Å²) in [5.41, 5.74) is 2.83. The van der Waals surface area contributed by atoms with Crippen LogP contribution in [0, 0.1) is 13.8 Å². The molecule has 0 aliphatic rings. The van der Waals surface area contributed by atoms with E-state index in [1.807, 2.05) is 32.0 Å². The molecule has 3 aromatic rings. The summed E-state index contributed by atoms with van der Waals surface area (Å²) in [6, 6.07) is 5.50. The Bertz CT molecular complexity index is 696. The van der Waals surface area contributed by atoms with E-state index in [-0.39, 0.29) is 0 Å². The Kier molecular flexibility index (Phi) is 3.08. The van der Waals surface area contributed by atoms with Crippen molar-refractivity contribution in [3.63, 3.8) is 0 Å². The van der Waals surface area contributed by atoms with Crippen LogP contribution in [0.3, 0.4) is 0 Å². The Hall–Kier alpha value is -2.83. The third-order valence-corrected chi connectivity index (χ3v) is 2.57. The third kappa shape index (κ3) is 2.46. The summed E-state index contributed by atoms with van der Waals surface area (Å²) in [4.78, 5) is 13.1. The van der Waals surface area contributed by atoms with Gasteiger partial charge in [0.05, 0.1) is 23.8 Å². The van der Waals surface area contributed by atoms with Crippen molar-refractivity contribution in [2.75, 3.05) is 0 Å². The van der Waals surface area contributed by atoms with E-state index in [1.54, 1.807) is 12.4 Å². The normalized spacial score (nSPS) is 10.5. The first-order valence-corrected chi connectivity index (χ1v) is 6.03. The largest absolute Gasteiger partial charge is 0.241 e. The molecule has 0 aliphatic carbocycles. The summed E-state index contributed by atoms with van der Waals surface area (Å²) in [6.45, 7) is 3.71. The minimum Gasteiger partial charge on any atom is -0.241 e. The Balaban J connectivity index is 2.06. The molecular weight excluding hydrogens is 254 g/mol. The predicted molar refractivity (Wildman–Crippen MR) is 71.4 cm³/mol. The van der Waals surface area contributed by atoms with Crippen LogP contribution in [-0.4, -0.2) is 35.3 Å². The minimum absolute atomic E-state index is 0.479. The van der Waals surface area contributed by atoms with Gasteiger partial charge >= 0.3 is 0 Å². The van der Waals surface area contributed by atoms with E-state index in [2.05, 4.69) is 35.3 Å². The maximum atomic E-state index is 4.47. The summed E-state index contributed by atoms with van der Waals surface area (Å²) >= 11 is 0. The van der Waals surface area contributed by atoms with E-state index in [0.717, 1.165) is 11.4 Å². The molecule has 0 saturated heterocycles. The number of hydrogen-bond donors (Lipinski definition) is 0. The van der Waals surface area contributed by atoms with Crippen molar-refractivity contribution in [2.24, 2.45) is 0 Å². The standard InChI is InChI=1S/C13H11N7/c1-8-6-14-19-12(16-8)10-4-3-5-11(18-10)13-17-9(2)7-15-20-13/h3-7H,1-2H3. The second kappa shape index (κ2) is 5.04. The van der Waals surface area contributed by atoms with E-state index >= 15 is 0 Å². The highest BCUT2D eigenvalue weighted by molar-refractivity contribution is 5.56. The number of rotatable bonds is 2. The smallest absolute Gasteiger partial charge is 0.200 e. The van der Waals surface area contributed by atoms with E-state index in [9.17, 15) is 0 Å². The topological polar surface area (TPSA) is 90.2 Å². The van der Waals surface area contributed by atoms with Crippen molar-refractivity contribution >= 4 is 0 Å². The summed E-state index contributed by atoms with van der Waals surface area (Å²) in [7, 11) is 0. The second-order valence-electron chi connectivity index (χ2n) is 4.25. The Morgan fingerprint density at radius 2 is 1.20 bits per heavy atom. The predicted octanol–water partition coefficient (Wildman–Crippen LogP) is 1.40. The molecule has 0 radical (unpaired) electrons. The Morgan fingerprint density at radius 1 is 0.700 bits per heavy atom. The van der Waals surface area contributed by atoms with Crippen LogP contribution in [0.4, 0.5) is 0 Å². The van der Waals surface area contributed by atoms with Crippen molar-refractivity contribution in [1.82, 2.24) is 35.3 Å². The van der Waals surface area contributed by atoms with E-state index in [4.69, 9.17) is 0 Å². The molecule has 0 N–H and O–H groups in total. The van der Waals surface area contributed by atoms with Crippen molar-refractivity contribution in [1.29, 1.82) is 0 Å². The van der Waals surface area contributed by atoms with Gasteiger partial charge in [0.2, 0.25) is 11.6 Å². The lowest BCUT2D eigenvalue weighted by Crippen LogP contribution is -1.99. The molecule has 0 fully saturated rings. The van der Waals surface area contributed by atoms with Gasteiger partial charge in [0, 0.05) is 0 Å². The molecule has 7 heteroatoms. The molecule has 0 aromatic carbocycles. The van der Waals surface area contributed by atoms with Crippen LogP contribution in [0.15, 0.2) is 30.6 Å². The average Bonchev–Trinajstić information content (AvgIpc) is 2.47. The number of hydrogen-bond acceptors (Lipinski definition) is 7. The highest BCUT2D eigenvalue weighted by Gasteiger charge is 2.08. The van der Waals surface area contributed by atoms with Crippen molar-refractivity contribution < 1.29 is 0 Å². The highest BCUT2D eigenvalue weighted by atomic mass is 15.2. The molecule has 0 spiro atoms. The minimum atomic E-state index is 0.479. The zero-order valence-electron chi connectivity index (χ0n) is 11.0. The molecule has 0 amide bonds. The molecular formula is C13H11N7. The van der Waals surface area contributed by atoms with Crippen LogP contribution < -0.4 is 0 Å². The lowest BCUT2D eigenvalue weighted by Gasteiger charge is -2.02. The van der Waals surface area contributed by atoms with Crippen LogP contribution in [0.25, 0.3) is 23.0 Å². The molecule has 7 nitrogen and oxygen atoms in total. The average molecular weight is 265 g/mol. The van der Waals surface area contributed by atoms with Crippen LogP contribution in [0.5, 0.6) is 0 Å². The van der Waals surface area contributed by atoms with Gasteiger partial charge in [-0.25, -0.2) is 15.0 Å². The van der Waals surface area contributed by atoms with Gasteiger partial charge in [-0.05, 0) is 26.0 Å². The van der Waals surface area contributed by atoms with Crippen LogP contribution in [0.1, 0.15) is 11.4 Å². The molecule has 0 saturated carbocycles. The van der Waals surface area contributed by atoms with Gasteiger partial charge in [0.1, 0.15) is 11.4 Å². The van der Waals surface area contributed by atoms with Crippen LogP contribution in [0.2, 0.25) is 0 Å². The monoisotopic (exact) mass is 265 g/mol. The zero-order valence-corrected chi connectivity index (χ0v) is 11.0. The second-order valence-corrected chi connectivity index (χ2v) is 4.25. The fourth-order valence-electron chi connectivity index (χ4n) is 1.67. The Labute approximate surface area is 115 Å². The first-order chi connectivity index (χ1) is 9.72. The summed E-state index contributed by atoms with van der Waals surface area (Å²) in [6.07, 6.45) is 3.20. The summed E-state index contributed by atoms with van der Waals surface area (Å²) in [5.74, 6) is 0.958. The highest BCUT2D eigenvalue weighted by Crippen LogP contribution is 2.16. The van der Waals surface area contributed by atoms with Crippen molar-refractivity contribution in [2.45, 2.75) is 13.8 Å². The number of pyridine rings is 1. The number of aryl methyl sites for hydroxylation is 2. The molecule has 0 atom stereocenters. The van der Waals surface area contributed by atoms with Gasteiger partial charge in [-0.15, -0.1) is 10.2 Å². The summed E-state index contributed by atoms with van der Waals surface area (Å²) < 4.78 is 0. The fraction of sp³-hybridized carbons (Fsp3) is 0.154. The van der Waals surface area contributed by atoms with Gasteiger partial charge in [-0.3, -0.25) is 0 Å². The van der Waals surface area contributed by atoms with Crippen molar-refractivity contribution in [3.8, 4) is 23.0 Å². The first-order valence-electron chi connectivity index (χ1n) is 6.03. The van der Waals surface area contributed by atoms with Gasteiger partial charge in [-0.1, -0.05) is 6.07 Å². The maximum absolute atomic E-state index is 4.47. The molecule has 0 aliphatic heterocycles. The quantitative estimate of drug-likeness (QED) is 0.691. The van der Waals surface area contributed by atoms with Gasteiger partial charge in [-0.2, -0.15) is 10.2 Å². The van der Waals surface area contributed by atoms with Crippen molar-refractivity contribution in [3.05, 3.63) is 42.0 Å². The lowest BCUT2D eigenvalue weighted by molar-refractivity contribution is 0.931. The Morgan fingerprint density at radius 3 is 1.65 bits per heavy atom. The molecule has 0 unspecified atom stereocenters. The summed E-state index contributed by atoms with van der Waals surface area (Å²) in [5, 5.41) is 15.7. The molecule has 3 aromatic heterocycles. The van der Waals surface area contributed by atoms with Gasteiger partial charge < -0.3 is 0 Å².